The van der Waals surface area contributed by atoms with Crippen molar-refractivity contribution >= 4 is 28.5 Å². The van der Waals surface area contributed by atoms with Crippen molar-refractivity contribution in [1.82, 2.24) is 15.3 Å². The standard InChI is InChI=1S/C14H17ClN4/c15-13-14(17-9-10-5-3-4-8-16-10)19-12-7-2-1-6-11(12)18-13/h1-2,6-7,10,16H,3-5,8-9H2,(H,17,19)/t10-/m0/s1. The molecule has 0 unspecified atom stereocenters. The highest BCUT2D eigenvalue weighted by Crippen LogP contribution is 2.21. The molecule has 1 fully saturated rings. The molecule has 0 amide bonds. The van der Waals surface area contributed by atoms with Crippen molar-refractivity contribution in [2.75, 3.05) is 18.4 Å². The molecule has 5 heteroatoms. The van der Waals surface area contributed by atoms with Gasteiger partial charge in [0.05, 0.1) is 11.0 Å². The summed E-state index contributed by atoms with van der Waals surface area (Å²) in [5.41, 5.74) is 1.69. The van der Waals surface area contributed by atoms with Crippen LogP contribution >= 0.6 is 11.6 Å². The summed E-state index contributed by atoms with van der Waals surface area (Å²) in [4.78, 5) is 8.89. The first-order chi connectivity index (χ1) is 9.33. The molecule has 0 aliphatic carbocycles. The first-order valence-electron chi connectivity index (χ1n) is 6.72. The number of piperidine rings is 1. The van der Waals surface area contributed by atoms with E-state index >= 15 is 0 Å². The average molecular weight is 277 g/mol. The van der Waals surface area contributed by atoms with Gasteiger partial charge in [0, 0.05) is 12.6 Å². The molecular weight excluding hydrogens is 260 g/mol. The van der Waals surface area contributed by atoms with E-state index in [1.54, 1.807) is 0 Å². The molecular formula is C14H17ClN4. The third-order valence-electron chi connectivity index (χ3n) is 3.46. The number of halogens is 1. The molecule has 0 saturated carbocycles. The van der Waals surface area contributed by atoms with Crippen molar-refractivity contribution < 1.29 is 0 Å². The van der Waals surface area contributed by atoms with E-state index < -0.39 is 0 Å². The minimum atomic E-state index is 0.439. The molecule has 2 heterocycles. The number of hydrogen-bond acceptors (Lipinski definition) is 4. The van der Waals surface area contributed by atoms with Crippen LogP contribution in [0.1, 0.15) is 19.3 Å². The maximum absolute atomic E-state index is 6.16. The van der Waals surface area contributed by atoms with Crippen LogP contribution in [0.15, 0.2) is 24.3 Å². The van der Waals surface area contributed by atoms with Crippen molar-refractivity contribution in [3.8, 4) is 0 Å². The van der Waals surface area contributed by atoms with Crippen molar-refractivity contribution in [3.63, 3.8) is 0 Å². The van der Waals surface area contributed by atoms with E-state index in [1.807, 2.05) is 24.3 Å². The molecule has 0 spiro atoms. The normalized spacial score (nSPS) is 19.5. The third kappa shape index (κ3) is 2.96. The number of fused-ring (bicyclic) bond motifs is 1. The smallest absolute Gasteiger partial charge is 0.172 e. The zero-order valence-electron chi connectivity index (χ0n) is 10.7. The van der Waals surface area contributed by atoms with Gasteiger partial charge in [0.25, 0.3) is 0 Å². The number of hydrogen-bond donors (Lipinski definition) is 2. The van der Waals surface area contributed by atoms with Gasteiger partial charge in [-0.05, 0) is 31.5 Å². The van der Waals surface area contributed by atoms with Crippen LogP contribution in [0.3, 0.4) is 0 Å². The largest absolute Gasteiger partial charge is 0.366 e. The Morgan fingerprint density at radius 2 is 2.00 bits per heavy atom. The Bertz CT molecular complexity index is 566. The molecule has 1 aromatic carbocycles. The molecule has 0 radical (unpaired) electrons. The van der Waals surface area contributed by atoms with E-state index in [0.29, 0.717) is 17.0 Å². The molecule has 2 N–H and O–H groups in total. The molecule has 2 aromatic rings. The zero-order chi connectivity index (χ0) is 13.1. The van der Waals surface area contributed by atoms with Crippen LogP contribution < -0.4 is 10.6 Å². The maximum atomic E-state index is 6.16. The van der Waals surface area contributed by atoms with Gasteiger partial charge in [0.1, 0.15) is 0 Å². The lowest BCUT2D eigenvalue weighted by atomic mass is 10.1. The lowest BCUT2D eigenvalue weighted by Gasteiger charge is -2.23. The number of nitrogens with zero attached hydrogens (tertiary/aromatic N) is 2. The second-order valence-electron chi connectivity index (χ2n) is 4.88. The van der Waals surface area contributed by atoms with Gasteiger partial charge in [-0.1, -0.05) is 30.2 Å². The number of nitrogens with one attached hydrogen (secondary N) is 2. The first-order valence-corrected chi connectivity index (χ1v) is 7.10. The monoisotopic (exact) mass is 276 g/mol. The predicted molar refractivity (Wildman–Crippen MR) is 78.7 cm³/mol. The van der Waals surface area contributed by atoms with E-state index in [2.05, 4.69) is 20.6 Å². The summed E-state index contributed by atoms with van der Waals surface area (Å²) in [6.45, 7) is 1.94. The summed E-state index contributed by atoms with van der Waals surface area (Å²) in [5, 5.41) is 7.24. The van der Waals surface area contributed by atoms with Crippen LogP contribution in [0.4, 0.5) is 5.82 Å². The van der Waals surface area contributed by atoms with E-state index in [-0.39, 0.29) is 0 Å². The first kappa shape index (κ1) is 12.6. The summed E-state index contributed by atoms with van der Waals surface area (Å²) in [5.74, 6) is 0.674. The topological polar surface area (TPSA) is 49.8 Å². The van der Waals surface area contributed by atoms with Crippen LogP contribution in [0.25, 0.3) is 11.0 Å². The van der Waals surface area contributed by atoms with Crippen molar-refractivity contribution in [2.45, 2.75) is 25.3 Å². The van der Waals surface area contributed by atoms with E-state index in [9.17, 15) is 0 Å². The number of anilines is 1. The van der Waals surface area contributed by atoms with Gasteiger partial charge in [-0.2, -0.15) is 0 Å². The van der Waals surface area contributed by atoms with Gasteiger partial charge in [-0.3, -0.25) is 0 Å². The lowest BCUT2D eigenvalue weighted by molar-refractivity contribution is 0.414. The van der Waals surface area contributed by atoms with Gasteiger partial charge in [-0.15, -0.1) is 0 Å². The fraction of sp³-hybridized carbons (Fsp3) is 0.429. The number of rotatable bonds is 3. The van der Waals surface area contributed by atoms with Gasteiger partial charge in [-0.25, -0.2) is 9.97 Å². The van der Waals surface area contributed by atoms with Gasteiger partial charge >= 0.3 is 0 Å². The summed E-state index contributed by atoms with van der Waals surface area (Å²) in [6, 6.07) is 8.26. The van der Waals surface area contributed by atoms with Crippen LogP contribution in [-0.4, -0.2) is 29.1 Å². The Balaban J connectivity index is 1.74. The molecule has 100 valence electrons. The van der Waals surface area contributed by atoms with Crippen molar-refractivity contribution in [1.29, 1.82) is 0 Å². The summed E-state index contributed by atoms with van der Waals surface area (Å²) < 4.78 is 0. The third-order valence-corrected chi connectivity index (χ3v) is 3.72. The van der Waals surface area contributed by atoms with Crippen LogP contribution in [-0.2, 0) is 0 Å². The zero-order valence-corrected chi connectivity index (χ0v) is 11.5. The Labute approximate surface area is 117 Å². The van der Waals surface area contributed by atoms with Crippen LogP contribution in [0.5, 0.6) is 0 Å². The predicted octanol–water partition coefficient (Wildman–Crippen LogP) is 2.84. The van der Waals surface area contributed by atoms with E-state index in [0.717, 1.165) is 24.1 Å². The fourth-order valence-corrected chi connectivity index (χ4v) is 2.61. The van der Waals surface area contributed by atoms with Crippen LogP contribution in [0, 0.1) is 0 Å². The second-order valence-corrected chi connectivity index (χ2v) is 5.24. The van der Waals surface area contributed by atoms with Crippen molar-refractivity contribution in [3.05, 3.63) is 29.4 Å². The highest BCUT2D eigenvalue weighted by atomic mass is 35.5. The number of aromatic nitrogens is 2. The highest BCUT2D eigenvalue weighted by molar-refractivity contribution is 6.32. The number of benzene rings is 1. The summed E-state index contributed by atoms with van der Waals surface area (Å²) in [7, 11) is 0. The lowest BCUT2D eigenvalue weighted by Crippen LogP contribution is -2.39. The highest BCUT2D eigenvalue weighted by Gasteiger charge is 2.13. The molecule has 1 aliphatic heterocycles. The van der Waals surface area contributed by atoms with E-state index in [4.69, 9.17) is 11.6 Å². The van der Waals surface area contributed by atoms with Gasteiger partial charge < -0.3 is 10.6 Å². The maximum Gasteiger partial charge on any atom is 0.172 e. The Morgan fingerprint density at radius 3 is 2.74 bits per heavy atom. The summed E-state index contributed by atoms with van der Waals surface area (Å²) >= 11 is 6.16. The Hall–Kier alpha value is -1.39. The average Bonchev–Trinajstić information content (AvgIpc) is 2.46. The van der Waals surface area contributed by atoms with Gasteiger partial charge in [0.15, 0.2) is 11.0 Å². The van der Waals surface area contributed by atoms with E-state index in [1.165, 1.54) is 19.3 Å². The van der Waals surface area contributed by atoms with Crippen molar-refractivity contribution in [2.24, 2.45) is 0 Å². The SMILES string of the molecule is Clc1nc2ccccc2nc1NC[C@@H]1CCCCN1. The quantitative estimate of drug-likeness (QED) is 0.905. The molecule has 1 aliphatic rings. The molecule has 1 aromatic heterocycles. The molecule has 3 rings (SSSR count). The fourth-order valence-electron chi connectivity index (χ4n) is 2.41. The van der Waals surface area contributed by atoms with Crippen LogP contribution in [0.2, 0.25) is 5.15 Å². The Morgan fingerprint density at radius 1 is 1.21 bits per heavy atom. The molecule has 19 heavy (non-hydrogen) atoms. The summed E-state index contributed by atoms with van der Waals surface area (Å²) in [6.07, 6.45) is 3.76. The second kappa shape index (κ2) is 5.72. The minimum absolute atomic E-state index is 0.439. The molecule has 0 bridgehead atoms. The molecule has 1 atom stereocenters. The molecule has 1 saturated heterocycles. The van der Waals surface area contributed by atoms with Gasteiger partial charge in [0.2, 0.25) is 0 Å². The Kier molecular flexibility index (Phi) is 3.80. The number of para-hydroxylation sites is 2. The minimum Gasteiger partial charge on any atom is -0.366 e. The molecule has 4 nitrogen and oxygen atoms in total.